The number of amides is 1. The first-order valence-corrected chi connectivity index (χ1v) is 8.15. The highest BCUT2D eigenvalue weighted by Gasteiger charge is 2.27. The number of aliphatic hydroxyl groups is 1. The number of nitrogens with one attached hydrogen (secondary N) is 2. The lowest BCUT2D eigenvalue weighted by atomic mass is 9.82. The third-order valence-electron chi connectivity index (χ3n) is 5.14. The molecule has 1 heterocycles. The Labute approximate surface area is 123 Å². The predicted molar refractivity (Wildman–Crippen MR) is 82.5 cm³/mol. The fraction of sp³-hybridized carbons (Fsp3) is 0.938. The van der Waals surface area contributed by atoms with Crippen LogP contribution in [0.4, 0.5) is 0 Å². The molecule has 20 heavy (non-hydrogen) atoms. The Bertz CT molecular complexity index is 276. The molecule has 1 saturated heterocycles. The summed E-state index contributed by atoms with van der Waals surface area (Å²) in [6.07, 6.45) is 4.83. The second-order valence-corrected chi connectivity index (χ2v) is 6.43. The molecule has 0 aromatic heterocycles. The van der Waals surface area contributed by atoms with Crippen LogP contribution in [0.25, 0.3) is 0 Å². The smallest absolute Gasteiger partial charge is 0.220 e. The molecule has 0 spiro atoms. The fourth-order valence-electron chi connectivity index (χ4n) is 2.96. The number of rotatable bonds is 8. The molecule has 0 aromatic carbocycles. The van der Waals surface area contributed by atoms with Gasteiger partial charge in [0.25, 0.3) is 0 Å². The van der Waals surface area contributed by atoms with E-state index >= 15 is 0 Å². The molecule has 2 atom stereocenters. The van der Waals surface area contributed by atoms with Gasteiger partial charge in [-0.3, -0.25) is 4.79 Å². The number of piperidine rings is 1. The molecule has 0 bridgehead atoms. The molecule has 4 nitrogen and oxygen atoms in total. The number of hydrogen-bond donors (Lipinski definition) is 3. The zero-order valence-corrected chi connectivity index (χ0v) is 13.4. The summed E-state index contributed by atoms with van der Waals surface area (Å²) in [5, 5.41) is 16.0. The van der Waals surface area contributed by atoms with Gasteiger partial charge < -0.3 is 15.7 Å². The summed E-state index contributed by atoms with van der Waals surface area (Å²) in [7, 11) is 0. The molecule has 1 aliphatic rings. The van der Waals surface area contributed by atoms with Crippen LogP contribution in [0.15, 0.2) is 0 Å². The first-order chi connectivity index (χ1) is 9.56. The Kier molecular flexibility index (Phi) is 7.52. The third-order valence-corrected chi connectivity index (χ3v) is 5.14. The minimum atomic E-state index is -0.148. The molecule has 1 fully saturated rings. The monoisotopic (exact) mass is 284 g/mol. The molecule has 0 aliphatic carbocycles. The van der Waals surface area contributed by atoms with E-state index < -0.39 is 0 Å². The highest BCUT2D eigenvalue weighted by atomic mass is 16.3. The van der Waals surface area contributed by atoms with Crippen molar-refractivity contribution >= 4 is 5.91 Å². The van der Waals surface area contributed by atoms with Crippen LogP contribution in [-0.4, -0.2) is 37.3 Å². The first-order valence-electron chi connectivity index (χ1n) is 8.15. The molecule has 0 aromatic rings. The summed E-state index contributed by atoms with van der Waals surface area (Å²) >= 11 is 0. The van der Waals surface area contributed by atoms with E-state index in [1.54, 1.807) is 0 Å². The lowest BCUT2D eigenvalue weighted by Gasteiger charge is -2.31. The normalized spacial score (nSPS) is 21.5. The van der Waals surface area contributed by atoms with Gasteiger partial charge >= 0.3 is 0 Å². The second-order valence-electron chi connectivity index (χ2n) is 6.43. The topological polar surface area (TPSA) is 61.4 Å². The SMILES string of the molecule is CCC(CC)(CO)CNC(=O)CC(C)C1CCCNC1. The van der Waals surface area contributed by atoms with E-state index in [4.69, 9.17) is 0 Å². The van der Waals surface area contributed by atoms with E-state index in [0.717, 1.165) is 25.9 Å². The van der Waals surface area contributed by atoms with Crippen molar-refractivity contribution in [3.8, 4) is 0 Å². The summed E-state index contributed by atoms with van der Waals surface area (Å²) < 4.78 is 0. The third kappa shape index (κ3) is 5.06. The van der Waals surface area contributed by atoms with Crippen molar-refractivity contribution in [3.05, 3.63) is 0 Å². The second kappa shape index (κ2) is 8.63. The van der Waals surface area contributed by atoms with Crippen LogP contribution in [0, 0.1) is 17.3 Å². The summed E-state index contributed by atoms with van der Waals surface area (Å²) in [4.78, 5) is 12.1. The molecule has 3 N–H and O–H groups in total. The molecule has 2 unspecified atom stereocenters. The Morgan fingerprint density at radius 2 is 2.15 bits per heavy atom. The number of hydrogen-bond acceptors (Lipinski definition) is 3. The van der Waals surface area contributed by atoms with Gasteiger partial charge in [-0.1, -0.05) is 20.8 Å². The predicted octanol–water partition coefficient (Wildman–Crippen LogP) is 1.93. The zero-order chi connectivity index (χ0) is 15.0. The number of carbonyl (C=O) groups excluding carboxylic acids is 1. The quantitative estimate of drug-likeness (QED) is 0.638. The van der Waals surface area contributed by atoms with Crippen LogP contribution in [-0.2, 0) is 4.79 Å². The average Bonchev–Trinajstić information content (AvgIpc) is 2.50. The number of aliphatic hydroxyl groups excluding tert-OH is 1. The van der Waals surface area contributed by atoms with Crippen LogP contribution in [0.2, 0.25) is 0 Å². The van der Waals surface area contributed by atoms with Crippen LogP contribution >= 0.6 is 0 Å². The highest BCUT2D eigenvalue weighted by molar-refractivity contribution is 5.76. The van der Waals surface area contributed by atoms with Crippen LogP contribution in [0.3, 0.4) is 0 Å². The van der Waals surface area contributed by atoms with Crippen molar-refractivity contribution in [3.63, 3.8) is 0 Å². The van der Waals surface area contributed by atoms with Gasteiger partial charge in [-0.15, -0.1) is 0 Å². The van der Waals surface area contributed by atoms with Crippen molar-refractivity contribution < 1.29 is 9.90 Å². The van der Waals surface area contributed by atoms with E-state index in [2.05, 4.69) is 31.4 Å². The molecule has 1 aliphatic heterocycles. The van der Waals surface area contributed by atoms with Gasteiger partial charge in [-0.05, 0) is 50.6 Å². The Morgan fingerprint density at radius 3 is 2.65 bits per heavy atom. The van der Waals surface area contributed by atoms with Gasteiger partial charge in [-0.25, -0.2) is 0 Å². The molecular formula is C16H32N2O2. The standard InChI is InChI=1S/C16H32N2O2/c1-4-16(5-2,12-19)11-18-15(20)9-13(3)14-7-6-8-17-10-14/h13-14,17,19H,4-12H2,1-3H3,(H,18,20). The van der Waals surface area contributed by atoms with E-state index in [9.17, 15) is 9.90 Å². The lowest BCUT2D eigenvalue weighted by molar-refractivity contribution is -0.123. The largest absolute Gasteiger partial charge is 0.396 e. The zero-order valence-electron chi connectivity index (χ0n) is 13.4. The fourth-order valence-corrected chi connectivity index (χ4v) is 2.96. The Hall–Kier alpha value is -0.610. The molecule has 1 amide bonds. The van der Waals surface area contributed by atoms with Gasteiger partial charge in [0.1, 0.15) is 0 Å². The number of carbonyl (C=O) groups is 1. The molecule has 1 rings (SSSR count). The summed E-state index contributed by atoms with van der Waals surface area (Å²) in [5.41, 5.74) is -0.148. The van der Waals surface area contributed by atoms with Crippen molar-refractivity contribution in [2.75, 3.05) is 26.2 Å². The van der Waals surface area contributed by atoms with Gasteiger partial charge in [0.05, 0.1) is 6.61 Å². The maximum Gasteiger partial charge on any atom is 0.220 e. The lowest BCUT2D eigenvalue weighted by Crippen LogP contribution is -2.41. The summed E-state index contributed by atoms with van der Waals surface area (Å²) in [6, 6.07) is 0. The highest BCUT2D eigenvalue weighted by Crippen LogP contribution is 2.25. The van der Waals surface area contributed by atoms with Crippen molar-refractivity contribution in [2.24, 2.45) is 17.3 Å². The maximum atomic E-state index is 12.1. The molecule has 4 heteroatoms. The van der Waals surface area contributed by atoms with Gasteiger partial charge in [0.2, 0.25) is 5.91 Å². The molecule has 0 saturated carbocycles. The maximum absolute atomic E-state index is 12.1. The van der Waals surface area contributed by atoms with Crippen LogP contribution in [0.1, 0.15) is 52.9 Å². The molecule has 0 radical (unpaired) electrons. The van der Waals surface area contributed by atoms with Crippen LogP contribution < -0.4 is 10.6 Å². The van der Waals surface area contributed by atoms with E-state index in [0.29, 0.717) is 24.8 Å². The molecular weight excluding hydrogens is 252 g/mol. The Morgan fingerprint density at radius 1 is 1.45 bits per heavy atom. The van der Waals surface area contributed by atoms with Gasteiger partial charge in [0, 0.05) is 18.4 Å². The van der Waals surface area contributed by atoms with E-state index in [1.165, 1.54) is 12.8 Å². The first kappa shape index (κ1) is 17.4. The van der Waals surface area contributed by atoms with E-state index in [1.807, 2.05) is 0 Å². The van der Waals surface area contributed by atoms with Crippen molar-refractivity contribution in [1.29, 1.82) is 0 Å². The van der Waals surface area contributed by atoms with Crippen molar-refractivity contribution in [1.82, 2.24) is 10.6 Å². The minimum absolute atomic E-state index is 0.128. The van der Waals surface area contributed by atoms with Crippen molar-refractivity contribution in [2.45, 2.75) is 52.9 Å². The molecule has 118 valence electrons. The summed E-state index contributed by atoms with van der Waals surface area (Å²) in [6.45, 7) is 9.20. The van der Waals surface area contributed by atoms with E-state index in [-0.39, 0.29) is 17.9 Å². The average molecular weight is 284 g/mol. The summed E-state index contributed by atoms with van der Waals surface area (Å²) in [5.74, 6) is 1.17. The van der Waals surface area contributed by atoms with Gasteiger partial charge in [-0.2, -0.15) is 0 Å². The minimum Gasteiger partial charge on any atom is -0.396 e. The van der Waals surface area contributed by atoms with Gasteiger partial charge in [0.15, 0.2) is 0 Å². The Balaban J connectivity index is 2.35. The van der Waals surface area contributed by atoms with Crippen LogP contribution in [0.5, 0.6) is 0 Å².